The number of hydrogen-bond donors (Lipinski definition) is 3. The van der Waals surface area contributed by atoms with Gasteiger partial charge in [-0.05, 0) is 66.8 Å². The summed E-state index contributed by atoms with van der Waals surface area (Å²) in [6, 6.07) is 13.8. The highest BCUT2D eigenvalue weighted by molar-refractivity contribution is 5.96. The number of rotatable bonds is 1. The quantitative estimate of drug-likeness (QED) is 0.404. The van der Waals surface area contributed by atoms with Gasteiger partial charge in [-0.15, -0.1) is 0 Å². The van der Waals surface area contributed by atoms with E-state index >= 15 is 0 Å². The number of fused-ring (bicyclic) bond motifs is 8. The minimum Gasteiger partial charge on any atom is -0.355 e. The molecule has 3 aromatic heterocycles. The Bertz CT molecular complexity index is 1320. The van der Waals surface area contributed by atoms with Crippen LogP contribution in [0, 0.1) is 0 Å². The molecular weight excluding hydrogens is 350 g/mol. The number of anilines is 1. The molecule has 0 radical (unpaired) electrons. The summed E-state index contributed by atoms with van der Waals surface area (Å²) in [6.07, 6.45) is 7.86. The van der Waals surface area contributed by atoms with Crippen LogP contribution < -0.4 is 5.32 Å². The van der Waals surface area contributed by atoms with Gasteiger partial charge in [-0.25, -0.2) is 9.97 Å². The Kier molecular flexibility index (Phi) is 3.69. The molecule has 6 heteroatoms. The summed E-state index contributed by atoms with van der Waals surface area (Å²) in [7, 11) is 0. The lowest BCUT2D eigenvalue weighted by molar-refractivity contribution is -0.114. The van der Waals surface area contributed by atoms with Crippen molar-refractivity contribution >= 4 is 58.0 Å². The largest absolute Gasteiger partial charge is 0.355 e. The number of amides is 1. The van der Waals surface area contributed by atoms with Gasteiger partial charge in [-0.1, -0.05) is 0 Å². The van der Waals surface area contributed by atoms with Crippen LogP contribution >= 0.6 is 0 Å². The summed E-state index contributed by atoms with van der Waals surface area (Å²) >= 11 is 0. The van der Waals surface area contributed by atoms with E-state index in [9.17, 15) is 4.79 Å². The van der Waals surface area contributed by atoms with Crippen LogP contribution in [0.1, 0.15) is 29.7 Å². The Morgan fingerprint density at radius 1 is 0.750 bits per heavy atom. The number of carbonyl (C=O) groups excluding carboxylic acids is 1. The summed E-state index contributed by atoms with van der Waals surface area (Å²) in [6.45, 7) is 1.49. The van der Waals surface area contributed by atoms with Crippen LogP contribution in [0.5, 0.6) is 0 Å². The van der Waals surface area contributed by atoms with E-state index in [-0.39, 0.29) is 5.91 Å². The van der Waals surface area contributed by atoms with Gasteiger partial charge in [0.15, 0.2) is 0 Å². The number of hydrogen-bond acceptors (Lipinski definition) is 3. The van der Waals surface area contributed by atoms with Crippen molar-refractivity contribution < 1.29 is 4.79 Å². The van der Waals surface area contributed by atoms with Crippen LogP contribution in [0.25, 0.3) is 46.4 Å². The molecule has 1 amide bonds. The monoisotopic (exact) mass is 367 g/mol. The predicted octanol–water partition coefficient (Wildman–Crippen LogP) is 4.61. The normalized spacial score (nSPS) is 12.3. The van der Waals surface area contributed by atoms with E-state index in [2.05, 4.69) is 25.3 Å². The van der Waals surface area contributed by atoms with Gasteiger partial charge in [0.1, 0.15) is 0 Å². The highest BCUT2D eigenvalue weighted by Gasteiger charge is 2.06. The average molecular weight is 367 g/mol. The van der Waals surface area contributed by atoms with Crippen LogP contribution in [0.15, 0.2) is 42.5 Å². The van der Waals surface area contributed by atoms with Gasteiger partial charge in [0.2, 0.25) is 5.91 Å². The van der Waals surface area contributed by atoms with Crippen molar-refractivity contribution in [1.82, 2.24) is 19.9 Å². The first-order valence-corrected chi connectivity index (χ1v) is 8.97. The molecule has 136 valence electrons. The SMILES string of the molecule is CC(=O)Nc1cc2cc3nc(cc4ccc(cc5nc(cc1[nH]2)C=C5)[nH]4)C=C3. The molecule has 0 aliphatic carbocycles. The third-order valence-electron chi connectivity index (χ3n) is 4.48. The topological polar surface area (TPSA) is 86.5 Å². The maximum absolute atomic E-state index is 11.6. The van der Waals surface area contributed by atoms with Gasteiger partial charge in [-0.3, -0.25) is 4.79 Å². The van der Waals surface area contributed by atoms with Crippen LogP contribution in [0.4, 0.5) is 5.69 Å². The first-order chi connectivity index (χ1) is 13.6. The van der Waals surface area contributed by atoms with Crippen molar-refractivity contribution in [3.8, 4) is 0 Å². The molecule has 5 rings (SSSR count). The smallest absolute Gasteiger partial charge is 0.221 e. The van der Waals surface area contributed by atoms with Crippen molar-refractivity contribution in [3.63, 3.8) is 0 Å². The van der Waals surface area contributed by atoms with E-state index in [1.54, 1.807) is 0 Å². The summed E-state index contributed by atoms with van der Waals surface area (Å²) in [5.41, 5.74) is 7.70. The van der Waals surface area contributed by atoms with Crippen molar-refractivity contribution in [2.75, 3.05) is 5.32 Å². The molecule has 6 nitrogen and oxygen atoms in total. The van der Waals surface area contributed by atoms with E-state index in [1.807, 2.05) is 66.8 Å². The van der Waals surface area contributed by atoms with Gasteiger partial charge in [0.05, 0.1) is 34.0 Å². The first kappa shape index (κ1) is 16.3. The zero-order valence-corrected chi connectivity index (χ0v) is 15.2. The molecule has 0 saturated heterocycles. The standard InChI is InChI=1S/C22H17N5O/c1-13(28)23-21-12-20-10-18-5-4-16(25-18)8-14-2-3-15(24-14)9-17-6-7-19(26-17)11-22(21)27-20/h2-12,24,27H,1H3,(H,23,28). The van der Waals surface area contributed by atoms with E-state index in [0.29, 0.717) is 5.69 Å². The Morgan fingerprint density at radius 2 is 1.29 bits per heavy atom. The van der Waals surface area contributed by atoms with Crippen LogP contribution in [-0.2, 0) is 4.79 Å². The summed E-state index contributed by atoms with van der Waals surface area (Å²) < 4.78 is 0. The molecule has 5 heterocycles. The zero-order chi connectivity index (χ0) is 19.1. The third kappa shape index (κ3) is 3.23. The van der Waals surface area contributed by atoms with Crippen LogP contribution in [-0.4, -0.2) is 25.8 Å². The molecule has 0 unspecified atom stereocenters. The Hall–Kier alpha value is -3.93. The minimum atomic E-state index is -0.124. The maximum atomic E-state index is 11.6. The Labute approximate surface area is 160 Å². The van der Waals surface area contributed by atoms with E-state index in [0.717, 1.165) is 44.8 Å². The van der Waals surface area contributed by atoms with Crippen LogP contribution in [0.2, 0.25) is 0 Å². The summed E-state index contributed by atoms with van der Waals surface area (Å²) in [5, 5.41) is 2.87. The molecule has 2 aliphatic rings. The highest BCUT2D eigenvalue weighted by atomic mass is 16.1. The number of H-pyrrole nitrogens is 2. The van der Waals surface area contributed by atoms with Gasteiger partial charge >= 0.3 is 0 Å². The summed E-state index contributed by atoms with van der Waals surface area (Å²) in [5.74, 6) is -0.124. The fraction of sp³-hybridized carbons (Fsp3) is 0.0455. The second-order valence-electron chi connectivity index (χ2n) is 6.77. The molecular formula is C22H17N5O. The molecule has 0 spiro atoms. The lowest BCUT2D eigenvalue weighted by atomic mass is 10.3. The molecule has 0 fully saturated rings. The Balaban J connectivity index is 1.83. The van der Waals surface area contributed by atoms with Crippen LogP contribution in [0.3, 0.4) is 0 Å². The second-order valence-corrected chi connectivity index (χ2v) is 6.77. The van der Waals surface area contributed by atoms with Crippen molar-refractivity contribution in [3.05, 3.63) is 65.2 Å². The number of aromatic amines is 2. The molecule has 8 bridgehead atoms. The number of nitrogens with zero attached hydrogens (tertiary/aromatic N) is 2. The molecule has 0 atom stereocenters. The van der Waals surface area contributed by atoms with E-state index < -0.39 is 0 Å². The fourth-order valence-electron chi connectivity index (χ4n) is 3.31. The number of nitrogens with one attached hydrogen (secondary N) is 3. The molecule has 28 heavy (non-hydrogen) atoms. The molecule has 3 N–H and O–H groups in total. The molecule has 3 aromatic rings. The molecule has 0 aromatic carbocycles. The highest BCUT2D eigenvalue weighted by Crippen LogP contribution is 2.22. The van der Waals surface area contributed by atoms with Crippen molar-refractivity contribution in [1.29, 1.82) is 0 Å². The maximum Gasteiger partial charge on any atom is 0.221 e. The Morgan fingerprint density at radius 3 is 1.86 bits per heavy atom. The minimum absolute atomic E-state index is 0.124. The second kappa shape index (κ2) is 6.35. The van der Waals surface area contributed by atoms with Gasteiger partial charge in [-0.2, -0.15) is 0 Å². The van der Waals surface area contributed by atoms with Gasteiger partial charge in [0, 0.05) is 23.5 Å². The van der Waals surface area contributed by atoms with Crippen molar-refractivity contribution in [2.24, 2.45) is 0 Å². The van der Waals surface area contributed by atoms with Gasteiger partial charge in [0.25, 0.3) is 0 Å². The average Bonchev–Trinajstić information content (AvgIpc) is 3.40. The third-order valence-corrected chi connectivity index (χ3v) is 4.48. The molecule has 0 saturated carbocycles. The lowest BCUT2D eigenvalue weighted by Crippen LogP contribution is -2.04. The number of aromatic nitrogens is 4. The predicted molar refractivity (Wildman–Crippen MR) is 113 cm³/mol. The van der Waals surface area contributed by atoms with Gasteiger partial charge < -0.3 is 15.3 Å². The zero-order valence-electron chi connectivity index (χ0n) is 15.2. The first-order valence-electron chi connectivity index (χ1n) is 8.97. The lowest BCUT2D eigenvalue weighted by Gasteiger charge is -1.97. The van der Waals surface area contributed by atoms with Crippen molar-refractivity contribution in [2.45, 2.75) is 6.92 Å². The fourth-order valence-corrected chi connectivity index (χ4v) is 3.31. The summed E-state index contributed by atoms with van der Waals surface area (Å²) in [4.78, 5) is 27.6. The van der Waals surface area contributed by atoms with E-state index in [1.165, 1.54) is 6.92 Å². The molecule has 2 aliphatic heterocycles. The number of carbonyl (C=O) groups is 1. The van der Waals surface area contributed by atoms with E-state index in [4.69, 9.17) is 0 Å².